The number of ether oxygens (including phenoxy) is 3. The smallest absolute Gasteiger partial charge is 0.414 e. The van der Waals surface area contributed by atoms with Gasteiger partial charge in [-0.15, -0.1) is 0 Å². The number of carbonyl (C=O) groups excluding carboxylic acids is 4. The maximum atomic E-state index is 14.2. The van der Waals surface area contributed by atoms with Gasteiger partial charge in [-0.2, -0.15) is 4.31 Å². The summed E-state index contributed by atoms with van der Waals surface area (Å²) < 4.78 is 46.2. The van der Waals surface area contributed by atoms with E-state index in [1.54, 1.807) is 52.5 Å². The molecule has 61 heavy (non-hydrogen) atoms. The molecule has 3 heterocycles. The summed E-state index contributed by atoms with van der Waals surface area (Å²) in [6, 6.07) is 9.12. The highest BCUT2D eigenvalue weighted by atomic mass is 35.5. The van der Waals surface area contributed by atoms with E-state index in [9.17, 15) is 27.6 Å². The SMILES string of the molecule is Cc1cc(C)c2cccc(OCc3c(Cl)ccc(S(=O)(=O)N4CCC[C@H]4C(=O)NC4CCN(C(=O)CCN=C(NC(=O)OC(C)(C)C)NC(=O)OC(C)(C)C)CC4)c3Cl)c2n1. The zero-order valence-electron chi connectivity index (χ0n) is 35.8. The summed E-state index contributed by atoms with van der Waals surface area (Å²) in [7, 11) is -4.25. The standard InChI is InChI=1S/C42H55Cl2N7O9S/c1-25-23-26(2)46-36-28(25)11-9-13-32(36)58-24-29-30(43)14-15-33(35(29)44)61(56,57)51-20-10-12-31(51)37(53)47-27-17-21-50(22-18-27)34(52)16-19-45-38(48-39(54)59-41(3,4)5)49-40(55)60-42(6,7)8/h9,11,13-15,23,27,31H,10,12,16-22,24H2,1-8H3,(H,47,53)(H2,45,48,49,54,55)/t31-/m0/s1. The number of halogens is 2. The summed E-state index contributed by atoms with van der Waals surface area (Å²) >= 11 is 13.3. The fourth-order valence-corrected chi connectivity index (χ4v) is 9.57. The van der Waals surface area contributed by atoms with E-state index in [4.69, 9.17) is 37.4 Å². The topological polar surface area (TPSA) is 198 Å². The van der Waals surface area contributed by atoms with Gasteiger partial charge < -0.3 is 24.4 Å². The number of alkyl carbamates (subject to hydrolysis) is 2. The molecule has 1 aromatic heterocycles. The number of para-hydroxylation sites is 1. The van der Waals surface area contributed by atoms with Gasteiger partial charge in [-0.05, 0) is 111 Å². The van der Waals surface area contributed by atoms with Crippen molar-refractivity contribution in [2.75, 3.05) is 26.2 Å². The molecule has 0 unspecified atom stereocenters. The molecule has 0 aliphatic carbocycles. The third kappa shape index (κ3) is 12.7. The van der Waals surface area contributed by atoms with E-state index in [0.29, 0.717) is 50.0 Å². The minimum Gasteiger partial charge on any atom is -0.487 e. The van der Waals surface area contributed by atoms with E-state index in [2.05, 4.69) is 25.9 Å². The summed E-state index contributed by atoms with van der Waals surface area (Å²) in [5.74, 6) is -0.365. The molecule has 3 N–H and O–H groups in total. The molecular weight excluding hydrogens is 849 g/mol. The fraction of sp³-hybridized carbons (Fsp3) is 0.524. The number of rotatable bonds is 10. The molecule has 0 saturated carbocycles. The Labute approximate surface area is 367 Å². The number of pyridine rings is 1. The molecule has 0 bridgehead atoms. The number of aryl methyl sites for hydroxylation is 2. The maximum absolute atomic E-state index is 14.2. The van der Waals surface area contributed by atoms with Crippen molar-refractivity contribution in [3.63, 3.8) is 0 Å². The molecule has 3 aromatic rings. The zero-order chi connectivity index (χ0) is 44.9. The molecule has 0 spiro atoms. The van der Waals surface area contributed by atoms with E-state index in [-0.39, 0.29) is 64.5 Å². The molecule has 2 fully saturated rings. The lowest BCUT2D eigenvalue weighted by Crippen LogP contribution is -2.52. The van der Waals surface area contributed by atoms with Crippen LogP contribution in [0, 0.1) is 13.8 Å². The molecule has 4 amide bonds. The van der Waals surface area contributed by atoms with Crippen molar-refractivity contribution in [1.82, 2.24) is 30.1 Å². The van der Waals surface area contributed by atoms with Crippen LogP contribution in [0.25, 0.3) is 10.9 Å². The molecule has 2 saturated heterocycles. The van der Waals surface area contributed by atoms with Gasteiger partial charge in [-0.25, -0.2) is 23.0 Å². The molecule has 2 aliphatic heterocycles. The number of likely N-dealkylation sites (tertiary alicyclic amines) is 1. The first kappa shape index (κ1) is 47.3. The highest BCUT2D eigenvalue weighted by Gasteiger charge is 2.41. The first-order valence-corrected chi connectivity index (χ1v) is 22.3. The quantitative estimate of drug-likeness (QED) is 0.144. The summed E-state index contributed by atoms with van der Waals surface area (Å²) in [4.78, 5) is 61.9. The van der Waals surface area contributed by atoms with Crippen molar-refractivity contribution in [3.8, 4) is 5.75 Å². The predicted molar refractivity (Wildman–Crippen MR) is 232 cm³/mol. The Hall–Kier alpha value is -4.71. The number of amides is 4. The molecule has 2 aliphatic rings. The van der Waals surface area contributed by atoms with Crippen LogP contribution < -0.4 is 20.7 Å². The van der Waals surface area contributed by atoms with Crippen LogP contribution in [0.2, 0.25) is 10.0 Å². The maximum Gasteiger partial charge on any atom is 0.414 e. The lowest BCUT2D eigenvalue weighted by atomic mass is 10.0. The van der Waals surface area contributed by atoms with Crippen LogP contribution in [0.4, 0.5) is 9.59 Å². The highest BCUT2D eigenvalue weighted by Crippen LogP contribution is 2.37. The fourth-order valence-electron chi connectivity index (χ4n) is 7.05. The first-order chi connectivity index (χ1) is 28.5. The van der Waals surface area contributed by atoms with Crippen molar-refractivity contribution in [2.24, 2.45) is 4.99 Å². The Balaban J connectivity index is 1.17. The lowest BCUT2D eigenvalue weighted by Gasteiger charge is -2.33. The van der Waals surface area contributed by atoms with Gasteiger partial charge in [0.15, 0.2) is 0 Å². The van der Waals surface area contributed by atoms with Gasteiger partial charge in [0, 0.05) is 53.8 Å². The van der Waals surface area contributed by atoms with Crippen LogP contribution in [-0.2, 0) is 35.7 Å². The number of fused-ring (bicyclic) bond motifs is 1. The van der Waals surface area contributed by atoms with Crippen molar-refractivity contribution >= 4 is 74.1 Å². The van der Waals surface area contributed by atoms with Gasteiger partial charge in [0.25, 0.3) is 0 Å². The number of nitrogens with zero attached hydrogens (tertiary/aromatic N) is 4. The van der Waals surface area contributed by atoms with Crippen LogP contribution in [0.1, 0.15) is 90.5 Å². The lowest BCUT2D eigenvalue weighted by molar-refractivity contribution is -0.132. The molecule has 2 aromatic carbocycles. The monoisotopic (exact) mass is 903 g/mol. The largest absolute Gasteiger partial charge is 0.487 e. The van der Waals surface area contributed by atoms with Crippen molar-refractivity contribution < 1.29 is 41.8 Å². The summed E-state index contributed by atoms with van der Waals surface area (Å²) in [6.45, 7) is 14.6. The number of benzene rings is 2. The second-order valence-electron chi connectivity index (χ2n) is 17.0. The summed E-state index contributed by atoms with van der Waals surface area (Å²) in [5, 5.41) is 8.85. The number of piperidine rings is 1. The Kier molecular flexibility index (Phi) is 15.2. The van der Waals surface area contributed by atoms with E-state index in [0.717, 1.165) is 16.6 Å². The Bertz CT molecular complexity index is 2250. The van der Waals surface area contributed by atoms with Gasteiger partial charge in [0.05, 0.1) is 11.6 Å². The number of sulfonamides is 1. The van der Waals surface area contributed by atoms with E-state index in [1.165, 1.54) is 16.4 Å². The van der Waals surface area contributed by atoms with Crippen LogP contribution in [-0.4, -0.2) is 102 Å². The van der Waals surface area contributed by atoms with Crippen molar-refractivity contribution in [2.45, 2.75) is 122 Å². The van der Waals surface area contributed by atoms with Crippen molar-refractivity contribution in [1.29, 1.82) is 0 Å². The van der Waals surface area contributed by atoms with E-state index in [1.807, 2.05) is 32.0 Å². The molecule has 1 atom stereocenters. The summed E-state index contributed by atoms with van der Waals surface area (Å²) in [6.07, 6.45) is -0.0231. The number of hydrogen-bond donors (Lipinski definition) is 3. The molecule has 332 valence electrons. The van der Waals surface area contributed by atoms with Gasteiger partial charge >= 0.3 is 12.2 Å². The number of hydrogen-bond acceptors (Lipinski definition) is 11. The molecular formula is C42H55Cl2N7O9S. The minimum absolute atomic E-state index is 0.0255. The second kappa shape index (κ2) is 19.6. The second-order valence-corrected chi connectivity index (χ2v) is 19.7. The normalized spacial score (nSPS) is 16.5. The predicted octanol–water partition coefficient (Wildman–Crippen LogP) is 6.79. The first-order valence-electron chi connectivity index (χ1n) is 20.1. The Morgan fingerprint density at radius 3 is 2.16 bits per heavy atom. The number of nitrogens with one attached hydrogen (secondary N) is 3. The third-order valence-corrected chi connectivity index (χ3v) is 12.6. The number of guanidine groups is 1. The van der Waals surface area contributed by atoms with Gasteiger partial charge in [-0.1, -0.05) is 35.3 Å². The molecule has 0 radical (unpaired) electrons. The number of carbonyl (C=O) groups is 4. The summed E-state index contributed by atoms with van der Waals surface area (Å²) in [5.41, 5.74) is 1.21. The Morgan fingerprint density at radius 1 is 0.902 bits per heavy atom. The van der Waals surface area contributed by atoms with Crippen LogP contribution >= 0.6 is 23.2 Å². The zero-order valence-corrected chi connectivity index (χ0v) is 38.1. The van der Waals surface area contributed by atoms with Gasteiger partial charge in [0.2, 0.25) is 27.8 Å². The molecule has 5 rings (SSSR count). The Morgan fingerprint density at radius 2 is 1.54 bits per heavy atom. The van der Waals surface area contributed by atoms with Crippen LogP contribution in [0.15, 0.2) is 46.3 Å². The molecule has 16 nitrogen and oxygen atoms in total. The van der Waals surface area contributed by atoms with E-state index >= 15 is 0 Å². The number of aliphatic imine (C=N–C) groups is 1. The molecule has 19 heteroatoms. The third-order valence-electron chi connectivity index (χ3n) is 9.78. The highest BCUT2D eigenvalue weighted by molar-refractivity contribution is 7.89. The van der Waals surface area contributed by atoms with Crippen LogP contribution in [0.5, 0.6) is 5.75 Å². The van der Waals surface area contributed by atoms with Crippen LogP contribution in [0.3, 0.4) is 0 Å². The number of aromatic nitrogens is 1. The average Bonchev–Trinajstić information content (AvgIpc) is 3.65. The van der Waals surface area contributed by atoms with E-state index < -0.39 is 45.4 Å². The van der Waals surface area contributed by atoms with Crippen molar-refractivity contribution in [3.05, 3.63) is 63.3 Å². The average molecular weight is 905 g/mol. The minimum atomic E-state index is -4.25. The van der Waals surface area contributed by atoms with Gasteiger partial charge in [0.1, 0.15) is 40.0 Å². The van der Waals surface area contributed by atoms with Gasteiger partial charge in [-0.3, -0.25) is 25.2 Å².